The molecule has 0 saturated carbocycles. The van der Waals surface area contributed by atoms with Crippen molar-refractivity contribution >= 4 is 20.9 Å². The Bertz CT molecular complexity index is 956. The highest BCUT2D eigenvalue weighted by Crippen LogP contribution is 2.24. The second-order valence-corrected chi connectivity index (χ2v) is 7.75. The lowest BCUT2D eigenvalue weighted by Gasteiger charge is -2.18. The van der Waals surface area contributed by atoms with E-state index in [9.17, 15) is 8.42 Å². The third-order valence-corrected chi connectivity index (χ3v) is 5.80. The van der Waals surface area contributed by atoms with Crippen LogP contribution in [-0.2, 0) is 16.4 Å². The second kappa shape index (κ2) is 6.67. The molecular weight excluding hydrogens is 322 g/mol. The number of fused-ring (bicyclic) bond motifs is 1. The number of benzene rings is 1. The quantitative estimate of drug-likeness (QED) is 0.716. The molecule has 0 fully saturated rings. The van der Waals surface area contributed by atoms with Gasteiger partial charge in [0.15, 0.2) is 0 Å². The van der Waals surface area contributed by atoms with Crippen LogP contribution in [0.25, 0.3) is 10.9 Å². The van der Waals surface area contributed by atoms with Gasteiger partial charge in [0.25, 0.3) is 0 Å². The summed E-state index contributed by atoms with van der Waals surface area (Å²) in [6, 6.07) is 12.8. The van der Waals surface area contributed by atoms with Crippen LogP contribution in [0.1, 0.15) is 11.3 Å². The zero-order chi connectivity index (χ0) is 17.2. The summed E-state index contributed by atoms with van der Waals surface area (Å²) in [5, 5.41) is 0.828. The summed E-state index contributed by atoms with van der Waals surface area (Å²) in [6.45, 7) is 2.30. The molecule has 24 heavy (non-hydrogen) atoms. The summed E-state index contributed by atoms with van der Waals surface area (Å²) in [4.78, 5) is 8.80. The van der Waals surface area contributed by atoms with E-state index >= 15 is 0 Å². The van der Waals surface area contributed by atoms with E-state index in [1.54, 1.807) is 31.6 Å². The van der Waals surface area contributed by atoms with Gasteiger partial charge >= 0.3 is 0 Å². The SMILES string of the molecule is Cc1cnc2c(S(=O)(=O)N(C)CCc3ccccn3)cccc2c1. The number of pyridine rings is 2. The minimum Gasteiger partial charge on any atom is -0.261 e. The molecule has 0 aliphatic heterocycles. The van der Waals surface area contributed by atoms with Crippen LogP contribution in [0.5, 0.6) is 0 Å². The molecule has 3 aromatic rings. The van der Waals surface area contributed by atoms with Crippen molar-refractivity contribution in [3.63, 3.8) is 0 Å². The molecule has 0 aliphatic carbocycles. The van der Waals surface area contributed by atoms with Gasteiger partial charge in [-0.2, -0.15) is 0 Å². The first kappa shape index (κ1) is 16.5. The molecule has 2 aromatic heterocycles. The molecule has 6 heteroatoms. The molecule has 0 N–H and O–H groups in total. The zero-order valence-electron chi connectivity index (χ0n) is 13.7. The van der Waals surface area contributed by atoms with Crippen molar-refractivity contribution in [2.45, 2.75) is 18.2 Å². The van der Waals surface area contributed by atoms with Crippen LogP contribution in [0.4, 0.5) is 0 Å². The van der Waals surface area contributed by atoms with Crippen molar-refractivity contribution in [1.29, 1.82) is 0 Å². The van der Waals surface area contributed by atoms with Crippen LogP contribution < -0.4 is 0 Å². The summed E-state index contributed by atoms with van der Waals surface area (Å²) in [5.74, 6) is 0. The number of nitrogens with zero attached hydrogens (tertiary/aromatic N) is 3. The maximum atomic E-state index is 12.9. The lowest BCUT2D eigenvalue weighted by Crippen LogP contribution is -2.29. The molecule has 0 radical (unpaired) electrons. The van der Waals surface area contributed by atoms with Crippen molar-refractivity contribution in [2.75, 3.05) is 13.6 Å². The monoisotopic (exact) mass is 341 g/mol. The molecule has 2 heterocycles. The number of aromatic nitrogens is 2. The van der Waals surface area contributed by atoms with Gasteiger partial charge in [-0.3, -0.25) is 9.97 Å². The van der Waals surface area contributed by atoms with E-state index in [0.717, 1.165) is 16.6 Å². The summed E-state index contributed by atoms with van der Waals surface area (Å²) in [6.07, 6.45) is 3.96. The fourth-order valence-corrected chi connectivity index (χ4v) is 3.89. The summed E-state index contributed by atoms with van der Waals surface area (Å²) >= 11 is 0. The highest BCUT2D eigenvalue weighted by Gasteiger charge is 2.23. The standard InChI is InChI=1S/C18H19N3O2S/c1-14-12-15-6-5-8-17(18(15)20-13-14)24(22,23)21(2)11-9-16-7-3-4-10-19-16/h3-8,10,12-13H,9,11H2,1-2H3. The Kier molecular flexibility index (Phi) is 4.59. The topological polar surface area (TPSA) is 63.2 Å². The fourth-order valence-electron chi connectivity index (χ4n) is 2.56. The van der Waals surface area contributed by atoms with Gasteiger partial charge < -0.3 is 0 Å². The molecule has 0 amide bonds. The van der Waals surface area contributed by atoms with Gasteiger partial charge in [-0.25, -0.2) is 12.7 Å². The van der Waals surface area contributed by atoms with E-state index < -0.39 is 10.0 Å². The fraction of sp³-hybridized carbons (Fsp3) is 0.222. The number of para-hydroxylation sites is 1. The van der Waals surface area contributed by atoms with Crippen molar-refractivity contribution < 1.29 is 8.42 Å². The average molecular weight is 341 g/mol. The highest BCUT2D eigenvalue weighted by molar-refractivity contribution is 7.89. The Balaban J connectivity index is 1.90. The molecule has 0 unspecified atom stereocenters. The number of likely N-dealkylation sites (N-methyl/N-ethyl adjacent to an activating group) is 1. The molecule has 0 aliphatic rings. The number of sulfonamides is 1. The van der Waals surface area contributed by atoms with Crippen LogP contribution >= 0.6 is 0 Å². The molecule has 124 valence electrons. The second-order valence-electron chi connectivity index (χ2n) is 5.74. The smallest absolute Gasteiger partial charge is 0.244 e. The lowest BCUT2D eigenvalue weighted by molar-refractivity contribution is 0.471. The molecule has 5 nitrogen and oxygen atoms in total. The normalized spacial score (nSPS) is 12.0. The number of hydrogen-bond donors (Lipinski definition) is 0. The maximum Gasteiger partial charge on any atom is 0.244 e. The maximum absolute atomic E-state index is 12.9. The molecule has 0 saturated heterocycles. The number of aryl methyl sites for hydroxylation is 1. The third-order valence-electron chi connectivity index (χ3n) is 3.91. The molecule has 0 atom stereocenters. The molecule has 1 aromatic carbocycles. The Morgan fingerprint density at radius 2 is 1.92 bits per heavy atom. The first-order valence-electron chi connectivity index (χ1n) is 7.70. The van der Waals surface area contributed by atoms with E-state index in [4.69, 9.17) is 0 Å². The van der Waals surface area contributed by atoms with Crippen LogP contribution in [0, 0.1) is 6.92 Å². The van der Waals surface area contributed by atoms with Gasteiger partial charge in [0, 0.05) is 43.5 Å². The molecule has 0 bridgehead atoms. The van der Waals surface area contributed by atoms with Crippen molar-refractivity contribution in [3.05, 3.63) is 66.1 Å². The first-order valence-corrected chi connectivity index (χ1v) is 9.14. The van der Waals surface area contributed by atoms with E-state index in [-0.39, 0.29) is 4.90 Å². The van der Waals surface area contributed by atoms with Gasteiger partial charge in [-0.1, -0.05) is 18.2 Å². The van der Waals surface area contributed by atoms with Crippen LogP contribution in [0.3, 0.4) is 0 Å². The van der Waals surface area contributed by atoms with E-state index in [1.807, 2.05) is 37.3 Å². The van der Waals surface area contributed by atoms with Crippen molar-refractivity contribution in [1.82, 2.24) is 14.3 Å². The van der Waals surface area contributed by atoms with E-state index in [1.165, 1.54) is 4.31 Å². The van der Waals surface area contributed by atoms with Crippen molar-refractivity contribution in [2.24, 2.45) is 0 Å². The number of rotatable bonds is 5. The van der Waals surface area contributed by atoms with Gasteiger partial charge in [-0.15, -0.1) is 0 Å². The summed E-state index contributed by atoms with van der Waals surface area (Å²) < 4.78 is 27.2. The van der Waals surface area contributed by atoms with Crippen LogP contribution in [0.15, 0.2) is 59.8 Å². The van der Waals surface area contributed by atoms with Crippen LogP contribution in [0.2, 0.25) is 0 Å². The van der Waals surface area contributed by atoms with Gasteiger partial charge in [0.05, 0.1) is 5.52 Å². The predicted molar refractivity (Wildman–Crippen MR) is 94.2 cm³/mol. The third kappa shape index (κ3) is 3.29. The summed E-state index contributed by atoms with van der Waals surface area (Å²) in [7, 11) is -2.02. The number of hydrogen-bond acceptors (Lipinski definition) is 4. The Hall–Kier alpha value is -2.31. The minimum absolute atomic E-state index is 0.239. The molecule has 0 spiro atoms. The Morgan fingerprint density at radius 3 is 2.67 bits per heavy atom. The van der Waals surface area contributed by atoms with Crippen molar-refractivity contribution in [3.8, 4) is 0 Å². The van der Waals surface area contributed by atoms with Gasteiger partial charge in [0.1, 0.15) is 4.90 Å². The van der Waals surface area contributed by atoms with Gasteiger partial charge in [0.2, 0.25) is 10.0 Å². The largest absolute Gasteiger partial charge is 0.261 e. The lowest BCUT2D eigenvalue weighted by atomic mass is 10.2. The summed E-state index contributed by atoms with van der Waals surface area (Å²) in [5.41, 5.74) is 2.37. The average Bonchev–Trinajstić information content (AvgIpc) is 2.59. The highest BCUT2D eigenvalue weighted by atomic mass is 32.2. The van der Waals surface area contributed by atoms with E-state index in [2.05, 4.69) is 9.97 Å². The van der Waals surface area contributed by atoms with Gasteiger partial charge in [-0.05, 0) is 36.8 Å². The molecule has 3 rings (SSSR count). The minimum atomic E-state index is -3.61. The Labute approximate surface area is 142 Å². The van der Waals surface area contributed by atoms with Crippen LogP contribution in [-0.4, -0.2) is 36.3 Å². The Morgan fingerprint density at radius 1 is 1.08 bits per heavy atom. The van der Waals surface area contributed by atoms with E-state index in [0.29, 0.717) is 18.5 Å². The first-order chi connectivity index (χ1) is 11.5. The zero-order valence-corrected chi connectivity index (χ0v) is 14.5. The predicted octanol–water partition coefficient (Wildman–Crippen LogP) is 2.80. The molecular formula is C18H19N3O2S.